The first kappa shape index (κ1) is 11.5. The lowest BCUT2D eigenvalue weighted by molar-refractivity contribution is -0.117. The maximum absolute atomic E-state index is 11.8. The lowest BCUT2D eigenvalue weighted by Crippen LogP contribution is -2.26. The third-order valence-corrected chi connectivity index (χ3v) is 3.32. The van der Waals surface area contributed by atoms with Crippen molar-refractivity contribution in [1.82, 2.24) is 4.98 Å². The number of carbonyl (C=O) groups is 1. The van der Waals surface area contributed by atoms with Gasteiger partial charge in [0.15, 0.2) is 5.15 Å². The van der Waals surface area contributed by atoms with Gasteiger partial charge in [-0.3, -0.25) is 4.79 Å². The van der Waals surface area contributed by atoms with Crippen LogP contribution in [0.5, 0.6) is 0 Å². The van der Waals surface area contributed by atoms with Crippen LogP contribution in [-0.2, 0) is 4.79 Å². The fraction of sp³-hybridized carbons (Fsp3) is 0.400. The maximum Gasteiger partial charge on any atom is 0.227 e. The summed E-state index contributed by atoms with van der Waals surface area (Å²) in [5, 5.41) is 0.253. The summed E-state index contributed by atoms with van der Waals surface area (Å²) in [5.41, 5.74) is 6.76. The molecule has 1 aromatic heterocycles. The Kier molecular flexibility index (Phi) is 3.21. The zero-order valence-corrected chi connectivity index (χ0v) is 10.0. The molecule has 2 heterocycles. The Morgan fingerprint density at radius 2 is 2.38 bits per heavy atom. The highest BCUT2D eigenvalue weighted by Gasteiger charge is 2.32. The summed E-state index contributed by atoms with van der Waals surface area (Å²) in [7, 11) is 0. The number of nitrogens with zero attached hydrogens (tertiary/aromatic N) is 2. The highest BCUT2D eigenvalue weighted by Crippen LogP contribution is 2.34. The number of nitrogens with two attached hydrogens (primary N) is 1. The molecule has 0 aliphatic carbocycles. The van der Waals surface area contributed by atoms with Gasteiger partial charge in [0, 0.05) is 25.0 Å². The van der Waals surface area contributed by atoms with Crippen LogP contribution in [0.3, 0.4) is 0 Å². The van der Waals surface area contributed by atoms with E-state index in [1.807, 2.05) is 0 Å². The van der Waals surface area contributed by atoms with Crippen molar-refractivity contribution >= 4 is 40.5 Å². The van der Waals surface area contributed by atoms with Gasteiger partial charge in [-0.25, -0.2) is 4.98 Å². The highest BCUT2D eigenvalue weighted by molar-refractivity contribution is 6.33. The minimum atomic E-state index is -0.00718. The molecule has 2 rings (SSSR count). The van der Waals surface area contributed by atoms with Crippen LogP contribution in [0.4, 0.5) is 11.4 Å². The molecule has 0 aromatic carbocycles. The summed E-state index contributed by atoms with van der Waals surface area (Å²) in [6.45, 7) is 0.554. The molecular weight excluding hydrogens is 249 g/mol. The third-order valence-electron chi connectivity index (χ3n) is 2.60. The Hall–Kier alpha value is -1.00. The molecule has 0 bridgehead atoms. The number of halogens is 2. The molecule has 1 aliphatic rings. The van der Waals surface area contributed by atoms with Gasteiger partial charge in [0.1, 0.15) is 5.69 Å². The molecule has 86 valence electrons. The second kappa shape index (κ2) is 4.47. The minimum Gasteiger partial charge on any atom is -0.397 e. The van der Waals surface area contributed by atoms with Crippen molar-refractivity contribution in [2.75, 3.05) is 23.1 Å². The summed E-state index contributed by atoms with van der Waals surface area (Å²) in [5.74, 6) is 0.608. The number of pyridine rings is 1. The minimum absolute atomic E-state index is 0.00718. The third kappa shape index (κ3) is 1.95. The Balaban J connectivity index is 2.35. The van der Waals surface area contributed by atoms with Crippen molar-refractivity contribution in [3.63, 3.8) is 0 Å². The average Bonchev–Trinajstić information content (AvgIpc) is 2.60. The first-order valence-electron chi connectivity index (χ1n) is 4.89. The molecule has 1 aliphatic heterocycles. The van der Waals surface area contributed by atoms with E-state index in [-0.39, 0.29) is 17.0 Å². The van der Waals surface area contributed by atoms with Crippen LogP contribution in [0.25, 0.3) is 0 Å². The largest absolute Gasteiger partial charge is 0.397 e. The Morgan fingerprint density at radius 3 is 2.94 bits per heavy atom. The molecule has 1 saturated heterocycles. The smallest absolute Gasteiger partial charge is 0.227 e. The standard InChI is InChI=1S/C10H11Cl2N3O/c11-4-6-3-8(16)15(5-6)9-7(13)1-2-14-10(9)12/h1-2,6H,3-5H2,(H2,13,14). The first-order chi connectivity index (χ1) is 7.63. The SMILES string of the molecule is Nc1ccnc(Cl)c1N1CC(CCl)CC1=O. The number of aromatic nitrogens is 1. The molecule has 1 aromatic rings. The van der Waals surface area contributed by atoms with Gasteiger partial charge in [-0.1, -0.05) is 11.6 Å². The topological polar surface area (TPSA) is 59.2 Å². The molecular formula is C10H11Cl2N3O. The molecule has 0 spiro atoms. The summed E-state index contributed by atoms with van der Waals surface area (Å²) in [6.07, 6.45) is 1.95. The van der Waals surface area contributed by atoms with E-state index in [0.29, 0.717) is 30.2 Å². The molecule has 16 heavy (non-hydrogen) atoms. The fourth-order valence-corrected chi connectivity index (χ4v) is 2.28. The number of hydrogen-bond acceptors (Lipinski definition) is 3. The van der Waals surface area contributed by atoms with Crippen molar-refractivity contribution in [2.45, 2.75) is 6.42 Å². The van der Waals surface area contributed by atoms with E-state index in [4.69, 9.17) is 28.9 Å². The average molecular weight is 260 g/mol. The van der Waals surface area contributed by atoms with Crippen LogP contribution in [-0.4, -0.2) is 23.3 Å². The van der Waals surface area contributed by atoms with Crippen LogP contribution in [0.15, 0.2) is 12.3 Å². The molecule has 6 heteroatoms. The number of hydrogen-bond donors (Lipinski definition) is 1. The van der Waals surface area contributed by atoms with Crippen molar-refractivity contribution in [3.05, 3.63) is 17.4 Å². The monoisotopic (exact) mass is 259 g/mol. The fourth-order valence-electron chi connectivity index (χ4n) is 1.81. The first-order valence-corrected chi connectivity index (χ1v) is 5.81. The van der Waals surface area contributed by atoms with Gasteiger partial charge >= 0.3 is 0 Å². The van der Waals surface area contributed by atoms with E-state index in [1.165, 1.54) is 6.20 Å². The van der Waals surface area contributed by atoms with Gasteiger partial charge < -0.3 is 10.6 Å². The van der Waals surface area contributed by atoms with Gasteiger partial charge in [-0.15, -0.1) is 11.6 Å². The van der Waals surface area contributed by atoms with Gasteiger partial charge in [0.25, 0.3) is 0 Å². The highest BCUT2D eigenvalue weighted by atomic mass is 35.5. The van der Waals surface area contributed by atoms with Crippen LogP contribution < -0.4 is 10.6 Å². The Morgan fingerprint density at radius 1 is 1.62 bits per heavy atom. The quantitative estimate of drug-likeness (QED) is 0.652. The van der Waals surface area contributed by atoms with Crippen LogP contribution >= 0.6 is 23.2 Å². The van der Waals surface area contributed by atoms with Gasteiger partial charge in [0.05, 0.1) is 5.69 Å². The van der Waals surface area contributed by atoms with E-state index in [2.05, 4.69) is 4.98 Å². The van der Waals surface area contributed by atoms with Crippen LogP contribution in [0.2, 0.25) is 5.15 Å². The maximum atomic E-state index is 11.8. The molecule has 1 unspecified atom stereocenters. The van der Waals surface area contributed by atoms with Gasteiger partial charge in [-0.2, -0.15) is 0 Å². The van der Waals surface area contributed by atoms with E-state index < -0.39 is 0 Å². The van der Waals surface area contributed by atoms with Crippen molar-refractivity contribution < 1.29 is 4.79 Å². The molecule has 1 amide bonds. The summed E-state index contributed by atoms with van der Waals surface area (Å²) < 4.78 is 0. The molecule has 1 fully saturated rings. The zero-order valence-electron chi connectivity index (χ0n) is 8.49. The number of anilines is 2. The summed E-state index contributed by atoms with van der Waals surface area (Å²) in [4.78, 5) is 17.3. The molecule has 2 N–H and O–H groups in total. The summed E-state index contributed by atoms with van der Waals surface area (Å²) >= 11 is 11.7. The molecule has 4 nitrogen and oxygen atoms in total. The van der Waals surface area contributed by atoms with E-state index in [9.17, 15) is 4.79 Å². The van der Waals surface area contributed by atoms with Gasteiger partial charge in [-0.05, 0) is 12.0 Å². The van der Waals surface area contributed by atoms with Crippen LogP contribution in [0, 0.1) is 5.92 Å². The van der Waals surface area contributed by atoms with Crippen LogP contribution in [0.1, 0.15) is 6.42 Å². The Bertz CT molecular complexity index is 404. The number of carbonyl (C=O) groups excluding carboxylic acids is 1. The van der Waals surface area contributed by atoms with E-state index >= 15 is 0 Å². The van der Waals surface area contributed by atoms with Crippen molar-refractivity contribution in [1.29, 1.82) is 0 Å². The number of amides is 1. The van der Waals surface area contributed by atoms with Crippen molar-refractivity contribution in [2.24, 2.45) is 5.92 Å². The predicted molar refractivity (Wildman–Crippen MR) is 64.8 cm³/mol. The Labute approximate surface area is 103 Å². The normalized spacial score (nSPS) is 20.5. The second-order valence-electron chi connectivity index (χ2n) is 3.77. The lowest BCUT2D eigenvalue weighted by atomic mass is 10.1. The molecule has 0 saturated carbocycles. The lowest BCUT2D eigenvalue weighted by Gasteiger charge is -2.19. The second-order valence-corrected chi connectivity index (χ2v) is 4.44. The number of alkyl halides is 1. The number of nitrogen functional groups attached to an aromatic ring is 1. The van der Waals surface area contributed by atoms with Crippen molar-refractivity contribution in [3.8, 4) is 0 Å². The van der Waals surface area contributed by atoms with E-state index in [1.54, 1.807) is 11.0 Å². The zero-order chi connectivity index (χ0) is 11.7. The van der Waals surface area contributed by atoms with E-state index in [0.717, 1.165) is 0 Å². The summed E-state index contributed by atoms with van der Waals surface area (Å²) in [6, 6.07) is 1.63. The van der Waals surface area contributed by atoms with Gasteiger partial charge in [0.2, 0.25) is 5.91 Å². The molecule has 1 atom stereocenters. The predicted octanol–water partition coefficient (Wildman–Crippen LogP) is 1.91. The molecule has 0 radical (unpaired) electrons. The number of rotatable bonds is 2.